The van der Waals surface area contributed by atoms with Crippen LogP contribution in [0.15, 0.2) is 17.5 Å². The number of carbonyl (C=O) groups is 2. The summed E-state index contributed by atoms with van der Waals surface area (Å²) in [5.41, 5.74) is 1.63. The number of nitrogens with zero attached hydrogens (tertiary/aromatic N) is 1. The lowest BCUT2D eigenvalue weighted by Crippen LogP contribution is -2.45. The zero-order chi connectivity index (χ0) is 15.6. The number of esters is 1. The lowest BCUT2D eigenvalue weighted by molar-refractivity contribution is -0.144. The molecule has 0 aliphatic rings. The van der Waals surface area contributed by atoms with Gasteiger partial charge in [-0.1, -0.05) is 13.8 Å². The summed E-state index contributed by atoms with van der Waals surface area (Å²) in [5, 5.41) is 4.78. The Morgan fingerprint density at radius 2 is 2.14 bits per heavy atom. The van der Waals surface area contributed by atoms with Crippen LogP contribution in [0, 0.1) is 5.92 Å². The van der Waals surface area contributed by atoms with Crippen LogP contribution < -0.4 is 5.32 Å². The van der Waals surface area contributed by atoms with Gasteiger partial charge in [0.1, 0.15) is 11.7 Å². The number of aryl methyl sites for hydroxylation is 1. The van der Waals surface area contributed by atoms with Crippen LogP contribution in [-0.2, 0) is 16.1 Å². The van der Waals surface area contributed by atoms with Crippen LogP contribution in [0.3, 0.4) is 0 Å². The van der Waals surface area contributed by atoms with Gasteiger partial charge in [-0.05, 0) is 30.4 Å². The third-order valence-corrected chi connectivity index (χ3v) is 4.33. The maximum Gasteiger partial charge on any atom is 0.328 e. The molecular weight excluding hydrogens is 288 g/mol. The Hall–Kier alpha value is -1.82. The maximum absolute atomic E-state index is 12.5. The van der Waals surface area contributed by atoms with Gasteiger partial charge >= 0.3 is 5.97 Å². The molecule has 5 nitrogen and oxygen atoms in total. The van der Waals surface area contributed by atoms with Crippen LogP contribution in [0.2, 0.25) is 0 Å². The molecule has 0 aliphatic heterocycles. The van der Waals surface area contributed by atoms with Gasteiger partial charge in [-0.25, -0.2) is 4.79 Å². The number of carbonyl (C=O) groups excluding carboxylic acids is 2. The molecule has 0 aromatic carbocycles. The first kappa shape index (κ1) is 15.6. The molecule has 0 spiro atoms. The summed E-state index contributed by atoms with van der Waals surface area (Å²) >= 11 is 1.60. The van der Waals surface area contributed by atoms with Crippen molar-refractivity contribution in [3.8, 4) is 0 Å². The normalized spacial score (nSPS) is 12.6. The summed E-state index contributed by atoms with van der Waals surface area (Å²) < 4.78 is 7.78. The smallest absolute Gasteiger partial charge is 0.328 e. The van der Waals surface area contributed by atoms with Crippen molar-refractivity contribution in [2.45, 2.75) is 33.4 Å². The minimum Gasteiger partial charge on any atom is -0.467 e. The Bertz CT molecular complexity index is 657. The molecule has 2 aromatic heterocycles. The summed E-state index contributed by atoms with van der Waals surface area (Å²) in [6.45, 7) is 6.44. The highest BCUT2D eigenvalue weighted by atomic mass is 32.1. The molecule has 0 radical (unpaired) electrons. The number of methoxy groups -OCH3 is 1. The largest absolute Gasteiger partial charge is 0.467 e. The van der Waals surface area contributed by atoms with E-state index in [4.69, 9.17) is 4.74 Å². The van der Waals surface area contributed by atoms with Crippen molar-refractivity contribution in [3.05, 3.63) is 23.2 Å². The lowest BCUT2D eigenvalue weighted by Gasteiger charge is -2.20. The van der Waals surface area contributed by atoms with Crippen LogP contribution in [-0.4, -0.2) is 29.6 Å². The molecule has 0 bridgehead atoms. The topological polar surface area (TPSA) is 60.3 Å². The van der Waals surface area contributed by atoms with Crippen molar-refractivity contribution in [1.29, 1.82) is 0 Å². The Kier molecular flexibility index (Phi) is 4.67. The highest BCUT2D eigenvalue weighted by Gasteiger charge is 2.27. The summed E-state index contributed by atoms with van der Waals surface area (Å²) in [6, 6.07) is 3.23. The number of amides is 1. The van der Waals surface area contributed by atoms with Crippen molar-refractivity contribution < 1.29 is 14.3 Å². The van der Waals surface area contributed by atoms with Gasteiger partial charge in [-0.2, -0.15) is 0 Å². The number of hydrogen-bond donors (Lipinski definition) is 1. The highest BCUT2D eigenvalue weighted by molar-refractivity contribution is 7.17. The van der Waals surface area contributed by atoms with E-state index in [1.54, 1.807) is 11.3 Å². The van der Waals surface area contributed by atoms with Crippen molar-refractivity contribution >= 4 is 33.4 Å². The fourth-order valence-corrected chi connectivity index (χ4v) is 3.17. The van der Waals surface area contributed by atoms with E-state index in [1.165, 1.54) is 7.11 Å². The Labute approximate surface area is 127 Å². The molecule has 0 saturated heterocycles. The van der Waals surface area contributed by atoms with E-state index in [0.717, 1.165) is 10.2 Å². The van der Waals surface area contributed by atoms with Crippen molar-refractivity contribution in [3.63, 3.8) is 0 Å². The Morgan fingerprint density at radius 3 is 2.71 bits per heavy atom. The van der Waals surface area contributed by atoms with E-state index in [9.17, 15) is 9.59 Å². The molecule has 2 heterocycles. The number of nitrogens with one attached hydrogen (secondary N) is 1. The third kappa shape index (κ3) is 2.95. The molecule has 1 N–H and O–H groups in total. The lowest BCUT2D eigenvalue weighted by atomic mass is 10.0. The molecule has 2 aromatic rings. The fourth-order valence-electron chi connectivity index (χ4n) is 2.35. The van der Waals surface area contributed by atoms with Crippen LogP contribution in [0.4, 0.5) is 0 Å². The summed E-state index contributed by atoms with van der Waals surface area (Å²) in [7, 11) is 1.33. The summed E-state index contributed by atoms with van der Waals surface area (Å²) in [4.78, 5) is 24.2. The van der Waals surface area contributed by atoms with Gasteiger partial charge in [0.2, 0.25) is 0 Å². The average molecular weight is 308 g/mol. The standard InChI is InChI=1S/C15H20N2O3S/c1-5-17-10-6-7-21-12(10)8-11(17)14(18)16-13(9(2)3)15(19)20-4/h6-9,13H,5H2,1-4H3,(H,16,18). The SMILES string of the molecule is CCn1c(C(=O)NC(C(=O)OC)C(C)C)cc2sccc21. The molecule has 1 atom stereocenters. The first-order valence-electron chi connectivity index (χ1n) is 6.95. The molecule has 1 amide bonds. The van der Waals surface area contributed by atoms with Crippen LogP contribution in [0.5, 0.6) is 0 Å². The van der Waals surface area contributed by atoms with Crippen LogP contribution in [0.1, 0.15) is 31.3 Å². The van der Waals surface area contributed by atoms with Crippen molar-refractivity contribution in [2.24, 2.45) is 5.92 Å². The Balaban J connectivity index is 2.29. The van der Waals surface area contributed by atoms with E-state index < -0.39 is 12.0 Å². The summed E-state index contributed by atoms with van der Waals surface area (Å²) in [5.74, 6) is -0.702. The fraction of sp³-hybridized carbons (Fsp3) is 0.467. The van der Waals surface area contributed by atoms with Crippen molar-refractivity contribution in [2.75, 3.05) is 7.11 Å². The van der Waals surface area contributed by atoms with E-state index in [-0.39, 0.29) is 11.8 Å². The maximum atomic E-state index is 12.5. The second kappa shape index (κ2) is 6.30. The first-order valence-corrected chi connectivity index (χ1v) is 7.83. The van der Waals surface area contributed by atoms with Gasteiger partial charge in [0.05, 0.1) is 17.3 Å². The number of rotatable bonds is 5. The predicted octanol–water partition coefficient (Wildman–Crippen LogP) is 2.65. The van der Waals surface area contributed by atoms with E-state index >= 15 is 0 Å². The number of hydrogen-bond acceptors (Lipinski definition) is 4. The molecule has 1 unspecified atom stereocenters. The van der Waals surface area contributed by atoms with Crippen LogP contribution >= 0.6 is 11.3 Å². The quantitative estimate of drug-likeness (QED) is 0.864. The second-order valence-corrected chi connectivity index (χ2v) is 6.11. The number of fused-ring (bicyclic) bond motifs is 1. The first-order chi connectivity index (χ1) is 9.99. The molecule has 0 fully saturated rings. The number of ether oxygens (including phenoxy) is 1. The third-order valence-electron chi connectivity index (χ3n) is 3.48. The van der Waals surface area contributed by atoms with Gasteiger partial charge in [-0.3, -0.25) is 4.79 Å². The average Bonchev–Trinajstić information content (AvgIpc) is 3.03. The van der Waals surface area contributed by atoms with Gasteiger partial charge in [0.15, 0.2) is 0 Å². The number of aromatic nitrogens is 1. The zero-order valence-corrected chi connectivity index (χ0v) is 13.5. The Morgan fingerprint density at radius 1 is 1.43 bits per heavy atom. The molecule has 0 aliphatic carbocycles. The molecule has 2 rings (SSSR count). The monoisotopic (exact) mass is 308 g/mol. The van der Waals surface area contributed by atoms with Crippen molar-refractivity contribution in [1.82, 2.24) is 9.88 Å². The van der Waals surface area contributed by atoms with E-state index in [2.05, 4.69) is 5.32 Å². The van der Waals surface area contributed by atoms with E-state index in [1.807, 2.05) is 42.9 Å². The molecule has 6 heteroatoms. The molecule has 21 heavy (non-hydrogen) atoms. The molecular formula is C15H20N2O3S. The highest BCUT2D eigenvalue weighted by Crippen LogP contribution is 2.25. The van der Waals surface area contributed by atoms with Gasteiger partial charge in [0, 0.05) is 6.54 Å². The second-order valence-electron chi connectivity index (χ2n) is 5.16. The predicted molar refractivity (Wildman–Crippen MR) is 83.6 cm³/mol. The minimum absolute atomic E-state index is 0.0347. The van der Waals surface area contributed by atoms with E-state index in [0.29, 0.717) is 12.2 Å². The summed E-state index contributed by atoms with van der Waals surface area (Å²) in [6.07, 6.45) is 0. The van der Waals surface area contributed by atoms with Gasteiger partial charge in [-0.15, -0.1) is 11.3 Å². The molecule has 114 valence electrons. The minimum atomic E-state index is -0.638. The van der Waals surface area contributed by atoms with Gasteiger partial charge in [0.25, 0.3) is 5.91 Å². The number of thiophene rings is 1. The molecule has 0 saturated carbocycles. The van der Waals surface area contributed by atoms with Crippen LogP contribution in [0.25, 0.3) is 10.2 Å². The van der Waals surface area contributed by atoms with Gasteiger partial charge < -0.3 is 14.6 Å². The zero-order valence-electron chi connectivity index (χ0n) is 12.7.